The number of hydrogen-bond acceptors (Lipinski definition) is 3. The van der Waals surface area contributed by atoms with Crippen molar-refractivity contribution >= 4 is 5.82 Å². The lowest BCUT2D eigenvalue weighted by Gasteiger charge is -2.00. The molecule has 0 aromatic carbocycles. The van der Waals surface area contributed by atoms with E-state index in [9.17, 15) is 4.79 Å². The average Bonchev–Trinajstić information content (AvgIpc) is 1.94. The average molecular weight is 139 g/mol. The monoisotopic (exact) mass is 139 g/mol. The SMILES string of the molecule is CNc1[nH]c(=O)ncc1C. The number of rotatable bonds is 1. The number of H-pyrrole nitrogens is 1. The van der Waals surface area contributed by atoms with Gasteiger partial charge in [0.15, 0.2) is 0 Å². The largest absolute Gasteiger partial charge is 0.374 e. The topological polar surface area (TPSA) is 57.8 Å². The number of hydrogen-bond donors (Lipinski definition) is 2. The minimum Gasteiger partial charge on any atom is -0.374 e. The summed E-state index contributed by atoms with van der Waals surface area (Å²) in [6.07, 6.45) is 1.53. The van der Waals surface area contributed by atoms with E-state index in [4.69, 9.17) is 0 Å². The van der Waals surface area contributed by atoms with E-state index in [-0.39, 0.29) is 5.69 Å². The van der Waals surface area contributed by atoms with E-state index >= 15 is 0 Å². The summed E-state index contributed by atoms with van der Waals surface area (Å²) in [4.78, 5) is 16.7. The third-order valence-corrected chi connectivity index (χ3v) is 1.25. The summed E-state index contributed by atoms with van der Waals surface area (Å²) in [5, 5.41) is 2.84. The summed E-state index contributed by atoms with van der Waals surface area (Å²) in [7, 11) is 1.75. The van der Waals surface area contributed by atoms with Crippen LogP contribution < -0.4 is 11.0 Å². The molecule has 0 aliphatic rings. The smallest absolute Gasteiger partial charge is 0.346 e. The fourth-order valence-corrected chi connectivity index (χ4v) is 0.717. The van der Waals surface area contributed by atoms with Gasteiger partial charge in [-0.05, 0) is 6.92 Å². The molecule has 54 valence electrons. The van der Waals surface area contributed by atoms with Crippen molar-refractivity contribution in [2.24, 2.45) is 0 Å². The number of nitrogens with zero attached hydrogens (tertiary/aromatic N) is 1. The van der Waals surface area contributed by atoms with Crippen LogP contribution in [0.3, 0.4) is 0 Å². The molecule has 4 heteroatoms. The second kappa shape index (κ2) is 2.51. The van der Waals surface area contributed by atoms with E-state index in [0.29, 0.717) is 0 Å². The first-order chi connectivity index (χ1) is 4.74. The Morgan fingerprint density at radius 1 is 1.70 bits per heavy atom. The molecule has 0 amide bonds. The number of aromatic nitrogens is 2. The maximum Gasteiger partial charge on any atom is 0.346 e. The highest BCUT2D eigenvalue weighted by Gasteiger charge is 1.94. The summed E-state index contributed by atoms with van der Waals surface area (Å²) in [5.41, 5.74) is 0.608. The maximum atomic E-state index is 10.6. The molecule has 10 heavy (non-hydrogen) atoms. The first-order valence-corrected chi connectivity index (χ1v) is 2.97. The van der Waals surface area contributed by atoms with Crippen LogP contribution in [0.25, 0.3) is 0 Å². The Hall–Kier alpha value is -1.32. The molecule has 1 aromatic heterocycles. The summed E-state index contributed by atoms with van der Waals surface area (Å²) in [6.45, 7) is 1.87. The first kappa shape index (κ1) is 6.80. The molecule has 4 nitrogen and oxygen atoms in total. The van der Waals surface area contributed by atoms with E-state index < -0.39 is 0 Å². The molecule has 0 radical (unpaired) electrons. The minimum atomic E-state index is -0.324. The van der Waals surface area contributed by atoms with Crippen LogP contribution in [0.4, 0.5) is 5.82 Å². The van der Waals surface area contributed by atoms with Crippen LogP contribution >= 0.6 is 0 Å². The Morgan fingerprint density at radius 3 is 2.90 bits per heavy atom. The third kappa shape index (κ3) is 1.15. The normalized spacial score (nSPS) is 9.40. The molecule has 2 N–H and O–H groups in total. The highest BCUT2D eigenvalue weighted by Crippen LogP contribution is 2.02. The molecule has 0 aliphatic heterocycles. The zero-order valence-electron chi connectivity index (χ0n) is 5.93. The fraction of sp³-hybridized carbons (Fsp3) is 0.333. The van der Waals surface area contributed by atoms with Crippen molar-refractivity contribution in [3.63, 3.8) is 0 Å². The highest BCUT2D eigenvalue weighted by molar-refractivity contribution is 5.39. The summed E-state index contributed by atoms with van der Waals surface area (Å²) >= 11 is 0. The third-order valence-electron chi connectivity index (χ3n) is 1.25. The van der Waals surface area contributed by atoms with Crippen LogP contribution in [0.15, 0.2) is 11.0 Å². The van der Waals surface area contributed by atoms with Crippen LogP contribution in [0.2, 0.25) is 0 Å². The molecule has 0 atom stereocenters. The molecule has 0 unspecified atom stereocenters. The zero-order chi connectivity index (χ0) is 7.56. The molecule has 0 saturated carbocycles. The molecular weight excluding hydrogens is 130 g/mol. The van der Waals surface area contributed by atoms with Crippen LogP contribution in [0, 0.1) is 6.92 Å². The maximum absolute atomic E-state index is 10.6. The van der Waals surface area contributed by atoms with Crippen molar-refractivity contribution in [2.75, 3.05) is 12.4 Å². The van der Waals surface area contributed by atoms with Gasteiger partial charge < -0.3 is 5.32 Å². The van der Waals surface area contributed by atoms with Crippen LogP contribution in [-0.2, 0) is 0 Å². The molecular formula is C6H9N3O. The predicted molar refractivity (Wildman–Crippen MR) is 39.1 cm³/mol. The number of nitrogens with one attached hydrogen (secondary N) is 2. The Labute approximate surface area is 58.3 Å². The van der Waals surface area contributed by atoms with E-state index in [0.717, 1.165) is 11.4 Å². The lowest BCUT2D eigenvalue weighted by molar-refractivity contribution is 1.05. The van der Waals surface area contributed by atoms with Gasteiger partial charge in [0.2, 0.25) is 0 Å². The van der Waals surface area contributed by atoms with Gasteiger partial charge in [-0.1, -0.05) is 0 Å². The second-order valence-corrected chi connectivity index (χ2v) is 2.00. The lowest BCUT2D eigenvalue weighted by atomic mass is 10.3. The van der Waals surface area contributed by atoms with Gasteiger partial charge in [0, 0.05) is 18.8 Å². The molecule has 0 fully saturated rings. The first-order valence-electron chi connectivity index (χ1n) is 2.97. The van der Waals surface area contributed by atoms with E-state index in [2.05, 4.69) is 15.3 Å². The molecule has 0 saturated heterocycles. The van der Waals surface area contributed by atoms with Crippen molar-refractivity contribution in [1.29, 1.82) is 0 Å². The number of aryl methyl sites for hydroxylation is 1. The van der Waals surface area contributed by atoms with Gasteiger partial charge in [0.1, 0.15) is 5.82 Å². The van der Waals surface area contributed by atoms with Crippen molar-refractivity contribution in [3.8, 4) is 0 Å². The quantitative estimate of drug-likeness (QED) is 0.581. The van der Waals surface area contributed by atoms with Crippen molar-refractivity contribution in [3.05, 3.63) is 22.2 Å². The molecule has 1 aromatic rings. The van der Waals surface area contributed by atoms with Crippen molar-refractivity contribution in [1.82, 2.24) is 9.97 Å². The number of aromatic amines is 1. The summed E-state index contributed by atoms with van der Waals surface area (Å²) in [6, 6.07) is 0. The van der Waals surface area contributed by atoms with Gasteiger partial charge in [-0.15, -0.1) is 0 Å². The fourth-order valence-electron chi connectivity index (χ4n) is 0.717. The second-order valence-electron chi connectivity index (χ2n) is 2.00. The highest BCUT2D eigenvalue weighted by atomic mass is 16.1. The summed E-state index contributed by atoms with van der Waals surface area (Å²) < 4.78 is 0. The van der Waals surface area contributed by atoms with E-state index in [1.165, 1.54) is 6.20 Å². The minimum absolute atomic E-state index is 0.324. The lowest BCUT2D eigenvalue weighted by Crippen LogP contribution is -2.12. The van der Waals surface area contributed by atoms with E-state index in [1.807, 2.05) is 6.92 Å². The molecule has 1 heterocycles. The van der Waals surface area contributed by atoms with Gasteiger partial charge in [-0.3, -0.25) is 4.98 Å². The molecule has 1 rings (SSSR count). The summed E-state index contributed by atoms with van der Waals surface area (Å²) in [5.74, 6) is 0.722. The zero-order valence-corrected chi connectivity index (χ0v) is 5.93. The Morgan fingerprint density at radius 2 is 2.40 bits per heavy atom. The predicted octanol–water partition coefficient (Wildman–Crippen LogP) is 0.120. The van der Waals surface area contributed by atoms with Crippen LogP contribution in [0.1, 0.15) is 5.56 Å². The van der Waals surface area contributed by atoms with Gasteiger partial charge in [0.25, 0.3) is 0 Å². The van der Waals surface area contributed by atoms with Crippen LogP contribution in [0.5, 0.6) is 0 Å². The molecule has 0 aliphatic carbocycles. The molecule has 0 spiro atoms. The standard InChI is InChI=1S/C6H9N3O/c1-4-3-8-6(10)9-5(4)7-2/h3H,1-2H3,(H2,7,8,9,10). The number of anilines is 1. The Balaban J connectivity index is 3.22. The van der Waals surface area contributed by atoms with Gasteiger partial charge in [-0.2, -0.15) is 0 Å². The van der Waals surface area contributed by atoms with Crippen LogP contribution in [-0.4, -0.2) is 17.0 Å². The Bertz CT molecular complexity index is 279. The molecule has 0 bridgehead atoms. The Kier molecular flexibility index (Phi) is 1.71. The van der Waals surface area contributed by atoms with E-state index in [1.54, 1.807) is 7.05 Å². The van der Waals surface area contributed by atoms with Crippen molar-refractivity contribution < 1.29 is 0 Å². The van der Waals surface area contributed by atoms with Gasteiger partial charge in [-0.25, -0.2) is 9.78 Å². The van der Waals surface area contributed by atoms with Crippen molar-refractivity contribution in [2.45, 2.75) is 6.92 Å². The van der Waals surface area contributed by atoms with Gasteiger partial charge in [0.05, 0.1) is 0 Å². The van der Waals surface area contributed by atoms with Gasteiger partial charge >= 0.3 is 5.69 Å².